The summed E-state index contributed by atoms with van der Waals surface area (Å²) in [5.74, 6) is 0.655. The number of hydrogen-bond acceptors (Lipinski definition) is 3. The summed E-state index contributed by atoms with van der Waals surface area (Å²) in [5.41, 5.74) is 6.23. The summed E-state index contributed by atoms with van der Waals surface area (Å²) in [6.45, 7) is 8.84. The highest BCUT2D eigenvalue weighted by Crippen LogP contribution is 2.22. The molecular weight excluding hydrogens is 228 g/mol. The normalized spacial score (nSPS) is 13.4. The molecule has 0 saturated heterocycles. The maximum atomic E-state index is 12.2. The van der Waals surface area contributed by atoms with Gasteiger partial charge in [0.05, 0.1) is 11.8 Å². The van der Waals surface area contributed by atoms with E-state index in [4.69, 9.17) is 10.2 Å². The molecule has 3 N–H and O–H groups in total. The highest BCUT2D eigenvalue weighted by molar-refractivity contribution is 5.95. The molecule has 0 aliphatic rings. The average molecular weight is 252 g/mol. The van der Waals surface area contributed by atoms with Gasteiger partial charge in [-0.1, -0.05) is 27.7 Å². The Hall–Kier alpha value is -1.29. The van der Waals surface area contributed by atoms with E-state index in [9.17, 15) is 4.79 Å². The van der Waals surface area contributed by atoms with Crippen molar-refractivity contribution >= 4 is 5.91 Å². The van der Waals surface area contributed by atoms with Gasteiger partial charge in [0, 0.05) is 12.5 Å². The number of aryl methyl sites for hydroxylation is 1. The zero-order chi connectivity index (χ0) is 13.8. The second-order valence-electron chi connectivity index (χ2n) is 5.58. The van der Waals surface area contributed by atoms with Crippen molar-refractivity contribution < 1.29 is 9.21 Å². The van der Waals surface area contributed by atoms with Gasteiger partial charge in [0.25, 0.3) is 5.91 Å². The van der Waals surface area contributed by atoms with Gasteiger partial charge in [-0.25, -0.2) is 0 Å². The van der Waals surface area contributed by atoms with Crippen molar-refractivity contribution in [1.29, 1.82) is 0 Å². The number of rotatable bonds is 5. The molecule has 0 spiro atoms. The highest BCUT2D eigenvalue weighted by atomic mass is 16.3. The smallest absolute Gasteiger partial charge is 0.255 e. The number of furan rings is 1. The molecule has 1 rings (SSSR count). The first kappa shape index (κ1) is 14.8. The molecule has 1 amide bonds. The van der Waals surface area contributed by atoms with E-state index in [0.717, 1.165) is 12.2 Å². The number of nitrogens with one attached hydrogen (secondary N) is 1. The van der Waals surface area contributed by atoms with Crippen LogP contribution in [-0.2, 0) is 6.42 Å². The highest BCUT2D eigenvalue weighted by Gasteiger charge is 2.26. The Morgan fingerprint density at radius 3 is 2.67 bits per heavy atom. The maximum Gasteiger partial charge on any atom is 0.255 e. The van der Waals surface area contributed by atoms with Crippen LogP contribution < -0.4 is 11.1 Å². The van der Waals surface area contributed by atoms with Gasteiger partial charge in [0.2, 0.25) is 0 Å². The van der Waals surface area contributed by atoms with Crippen LogP contribution in [0, 0.1) is 5.41 Å². The molecule has 1 aromatic rings. The molecule has 102 valence electrons. The number of carbonyl (C=O) groups excluding carboxylic acids is 1. The van der Waals surface area contributed by atoms with Crippen molar-refractivity contribution in [1.82, 2.24) is 5.32 Å². The molecule has 4 nitrogen and oxygen atoms in total. The summed E-state index contributed by atoms with van der Waals surface area (Å²) in [5, 5.41) is 3.06. The predicted octanol–water partition coefficient (Wildman–Crippen LogP) is 2.34. The third-order valence-electron chi connectivity index (χ3n) is 3.12. The minimum absolute atomic E-state index is 0.00879. The summed E-state index contributed by atoms with van der Waals surface area (Å²) >= 11 is 0. The maximum absolute atomic E-state index is 12.2. The van der Waals surface area contributed by atoms with Crippen LogP contribution in [0.3, 0.4) is 0 Å². The van der Waals surface area contributed by atoms with Gasteiger partial charge >= 0.3 is 0 Å². The fraction of sp³-hybridized carbons (Fsp3) is 0.643. The third kappa shape index (κ3) is 3.60. The molecule has 18 heavy (non-hydrogen) atoms. The van der Waals surface area contributed by atoms with Crippen molar-refractivity contribution in [2.24, 2.45) is 11.1 Å². The van der Waals surface area contributed by atoms with Gasteiger partial charge in [0.15, 0.2) is 0 Å². The quantitative estimate of drug-likeness (QED) is 0.845. The minimum atomic E-state index is -0.0750. The SMILES string of the molecule is CCc1occc1C(=O)NC(CCN)C(C)(C)C. The van der Waals surface area contributed by atoms with E-state index in [0.29, 0.717) is 18.5 Å². The Balaban J connectivity index is 2.79. The first-order valence-corrected chi connectivity index (χ1v) is 6.47. The topological polar surface area (TPSA) is 68.3 Å². The summed E-state index contributed by atoms with van der Waals surface area (Å²) in [6.07, 6.45) is 3.05. The Morgan fingerprint density at radius 2 is 2.17 bits per heavy atom. The molecule has 1 unspecified atom stereocenters. The first-order valence-electron chi connectivity index (χ1n) is 6.47. The zero-order valence-electron chi connectivity index (χ0n) is 11.7. The van der Waals surface area contributed by atoms with E-state index in [1.807, 2.05) is 6.92 Å². The zero-order valence-corrected chi connectivity index (χ0v) is 11.7. The monoisotopic (exact) mass is 252 g/mol. The van der Waals surface area contributed by atoms with Crippen molar-refractivity contribution in [2.45, 2.75) is 46.6 Å². The van der Waals surface area contributed by atoms with E-state index in [1.165, 1.54) is 0 Å². The molecule has 0 aromatic carbocycles. The lowest BCUT2D eigenvalue weighted by atomic mass is 9.84. The van der Waals surface area contributed by atoms with Gasteiger partial charge in [-0.15, -0.1) is 0 Å². The number of hydrogen-bond donors (Lipinski definition) is 2. The van der Waals surface area contributed by atoms with E-state index in [1.54, 1.807) is 12.3 Å². The Labute approximate surface area is 109 Å². The van der Waals surface area contributed by atoms with E-state index >= 15 is 0 Å². The molecule has 0 radical (unpaired) electrons. The first-order chi connectivity index (χ1) is 8.40. The molecule has 0 saturated carbocycles. The predicted molar refractivity (Wildman–Crippen MR) is 72.5 cm³/mol. The summed E-state index contributed by atoms with van der Waals surface area (Å²) in [7, 11) is 0. The van der Waals surface area contributed by atoms with Gasteiger partial charge in [-0.3, -0.25) is 4.79 Å². The Morgan fingerprint density at radius 1 is 1.50 bits per heavy atom. The van der Waals surface area contributed by atoms with Crippen molar-refractivity contribution in [3.8, 4) is 0 Å². The Kier molecular flexibility index (Phi) is 4.96. The molecule has 1 aromatic heterocycles. The van der Waals surface area contributed by atoms with E-state index in [-0.39, 0.29) is 17.4 Å². The second kappa shape index (κ2) is 6.05. The van der Waals surface area contributed by atoms with E-state index < -0.39 is 0 Å². The molecule has 1 heterocycles. The van der Waals surface area contributed by atoms with Crippen molar-refractivity contribution in [2.75, 3.05) is 6.54 Å². The molecule has 0 fully saturated rings. The molecule has 0 aliphatic carbocycles. The lowest BCUT2D eigenvalue weighted by molar-refractivity contribution is 0.0897. The third-order valence-corrected chi connectivity index (χ3v) is 3.12. The van der Waals surface area contributed by atoms with Gasteiger partial charge in [-0.2, -0.15) is 0 Å². The summed E-state index contributed by atoms with van der Waals surface area (Å²) < 4.78 is 5.28. The summed E-state index contributed by atoms with van der Waals surface area (Å²) in [6, 6.07) is 1.78. The molecular formula is C14H24N2O2. The largest absolute Gasteiger partial charge is 0.469 e. The van der Waals surface area contributed by atoms with Crippen LogP contribution in [0.5, 0.6) is 0 Å². The molecule has 0 aliphatic heterocycles. The average Bonchev–Trinajstić information content (AvgIpc) is 2.75. The molecule has 0 bridgehead atoms. The van der Waals surface area contributed by atoms with Crippen LogP contribution in [0.4, 0.5) is 0 Å². The van der Waals surface area contributed by atoms with Crippen LogP contribution in [-0.4, -0.2) is 18.5 Å². The van der Waals surface area contributed by atoms with Gasteiger partial charge in [0.1, 0.15) is 5.76 Å². The van der Waals surface area contributed by atoms with Gasteiger partial charge in [-0.05, 0) is 24.4 Å². The van der Waals surface area contributed by atoms with Crippen LogP contribution in [0.1, 0.15) is 50.2 Å². The molecule has 4 heteroatoms. The standard InChI is InChI=1S/C14H24N2O2/c1-5-11-10(7-9-18-11)13(17)16-12(6-8-15)14(2,3)4/h7,9,12H,5-6,8,15H2,1-4H3,(H,16,17). The second-order valence-corrected chi connectivity index (χ2v) is 5.58. The fourth-order valence-corrected chi connectivity index (χ4v) is 1.94. The minimum Gasteiger partial charge on any atom is -0.469 e. The van der Waals surface area contributed by atoms with Crippen molar-refractivity contribution in [3.63, 3.8) is 0 Å². The van der Waals surface area contributed by atoms with Crippen LogP contribution in [0.2, 0.25) is 0 Å². The van der Waals surface area contributed by atoms with E-state index in [2.05, 4.69) is 26.1 Å². The fourth-order valence-electron chi connectivity index (χ4n) is 1.94. The number of carbonyl (C=O) groups is 1. The van der Waals surface area contributed by atoms with Crippen LogP contribution in [0.15, 0.2) is 16.7 Å². The molecule has 1 atom stereocenters. The van der Waals surface area contributed by atoms with Crippen molar-refractivity contribution in [3.05, 3.63) is 23.7 Å². The lowest BCUT2D eigenvalue weighted by Gasteiger charge is -2.31. The van der Waals surface area contributed by atoms with Crippen LogP contribution >= 0.6 is 0 Å². The number of amides is 1. The van der Waals surface area contributed by atoms with Crippen LogP contribution in [0.25, 0.3) is 0 Å². The lowest BCUT2D eigenvalue weighted by Crippen LogP contribution is -2.45. The summed E-state index contributed by atoms with van der Waals surface area (Å²) in [4.78, 5) is 12.2. The number of nitrogens with two attached hydrogens (primary N) is 1. The van der Waals surface area contributed by atoms with Gasteiger partial charge < -0.3 is 15.5 Å². The Bertz CT molecular complexity index is 391.